The van der Waals surface area contributed by atoms with Crippen molar-refractivity contribution in [2.45, 2.75) is 19.4 Å². The van der Waals surface area contributed by atoms with E-state index in [2.05, 4.69) is 50.8 Å². The third kappa shape index (κ3) is 4.28. The van der Waals surface area contributed by atoms with Gasteiger partial charge in [0.15, 0.2) is 5.96 Å². The molecule has 5 nitrogen and oxygen atoms in total. The van der Waals surface area contributed by atoms with Crippen LogP contribution in [-0.2, 0) is 19.4 Å². The number of nitrogens with zero attached hydrogens (tertiary/aromatic N) is 2. The highest BCUT2D eigenvalue weighted by molar-refractivity contribution is 5.79. The van der Waals surface area contributed by atoms with Crippen LogP contribution >= 0.6 is 0 Å². The number of ether oxygens (including phenoxy) is 1. The zero-order valence-corrected chi connectivity index (χ0v) is 13.6. The van der Waals surface area contributed by atoms with Crippen LogP contribution in [-0.4, -0.2) is 37.3 Å². The van der Waals surface area contributed by atoms with Crippen LogP contribution in [0.3, 0.4) is 0 Å². The molecule has 122 valence electrons. The quantitative estimate of drug-likeness (QED) is 0.632. The molecule has 1 aliphatic rings. The summed E-state index contributed by atoms with van der Waals surface area (Å²) in [6, 6.07) is 10.6. The van der Waals surface area contributed by atoms with E-state index in [1.165, 1.54) is 11.1 Å². The third-order valence-electron chi connectivity index (χ3n) is 4.01. The van der Waals surface area contributed by atoms with Crippen molar-refractivity contribution in [3.8, 4) is 5.75 Å². The van der Waals surface area contributed by atoms with Gasteiger partial charge < -0.3 is 19.9 Å². The molecular formula is C18H24N4O. The molecule has 2 N–H and O–H groups in total. The van der Waals surface area contributed by atoms with Crippen LogP contribution in [0.15, 0.2) is 47.7 Å². The van der Waals surface area contributed by atoms with E-state index in [0.29, 0.717) is 0 Å². The number of nitrogens with one attached hydrogen (secondary N) is 2. The molecule has 1 aromatic heterocycles. The van der Waals surface area contributed by atoms with E-state index < -0.39 is 0 Å². The van der Waals surface area contributed by atoms with Crippen LogP contribution in [0.5, 0.6) is 5.75 Å². The lowest BCUT2D eigenvalue weighted by atomic mass is 10.1. The minimum Gasteiger partial charge on any atom is -0.493 e. The highest BCUT2D eigenvalue weighted by Gasteiger charge is 2.11. The predicted molar refractivity (Wildman–Crippen MR) is 93.1 cm³/mol. The molecule has 1 aliphatic heterocycles. The summed E-state index contributed by atoms with van der Waals surface area (Å²) in [6.07, 6.45) is 6.13. The summed E-state index contributed by atoms with van der Waals surface area (Å²) in [5, 5.41) is 6.70. The number of benzene rings is 1. The summed E-state index contributed by atoms with van der Waals surface area (Å²) in [5.41, 5.74) is 2.67. The largest absolute Gasteiger partial charge is 0.493 e. The van der Waals surface area contributed by atoms with Gasteiger partial charge in [-0.2, -0.15) is 0 Å². The molecule has 0 atom stereocenters. The van der Waals surface area contributed by atoms with Crippen molar-refractivity contribution in [2.24, 2.45) is 4.99 Å². The highest BCUT2D eigenvalue weighted by atomic mass is 16.5. The fraction of sp³-hybridized carbons (Fsp3) is 0.389. The van der Waals surface area contributed by atoms with Gasteiger partial charge in [0.2, 0.25) is 0 Å². The van der Waals surface area contributed by atoms with Crippen molar-refractivity contribution in [3.63, 3.8) is 0 Å². The Bertz CT molecular complexity index is 649. The van der Waals surface area contributed by atoms with Gasteiger partial charge in [-0.3, -0.25) is 4.99 Å². The Morgan fingerprint density at radius 1 is 1.22 bits per heavy atom. The Labute approximate surface area is 137 Å². The van der Waals surface area contributed by atoms with Crippen molar-refractivity contribution in [1.29, 1.82) is 0 Å². The minimum atomic E-state index is 0.814. The monoisotopic (exact) mass is 312 g/mol. The van der Waals surface area contributed by atoms with Gasteiger partial charge in [0.25, 0.3) is 0 Å². The molecule has 23 heavy (non-hydrogen) atoms. The van der Waals surface area contributed by atoms with Gasteiger partial charge in [0.1, 0.15) is 5.75 Å². The van der Waals surface area contributed by atoms with Crippen LogP contribution in [0.4, 0.5) is 0 Å². The second-order valence-corrected chi connectivity index (χ2v) is 5.64. The molecule has 5 heteroatoms. The summed E-state index contributed by atoms with van der Waals surface area (Å²) >= 11 is 0. The molecule has 0 aliphatic carbocycles. The van der Waals surface area contributed by atoms with Gasteiger partial charge in [-0.1, -0.05) is 12.1 Å². The summed E-state index contributed by atoms with van der Waals surface area (Å²) in [7, 11) is 1.80. The number of guanidine groups is 1. The normalized spacial score (nSPS) is 13.5. The molecule has 0 saturated heterocycles. The molecule has 1 aromatic carbocycles. The lowest BCUT2D eigenvalue weighted by Gasteiger charge is -2.12. The van der Waals surface area contributed by atoms with E-state index in [4.69, 9.17) is 4.74 Å². The fourth-order valence-corrected chi connectivity index (χ4v) is 2.76. The number of rotatable bonds is 6. The smallest absolute Gasteiger partial charge is 0.191 e. The Morgan fingerprint density at radius 2 is 2.04 bits per heavy atom. The Hall–Kier alpha value is -2.43. The molecule has 2 aromatic rings. The second-order valence-electron chi connectivity index (χ2n) is 5.64. The Morgan fingerprint density at radius 3 is 2.87 bits per heavy atom. The number of hydrogen-bond donors (Lipinski definition) is 2. The van der Waals surface area contributed by atoms with Gasteiger partial charge in [-0.15, -0.1) is 0 Å². The third-order valence-corrected chi connectivity index (χ3v) is 4.01. The SMILES string of the molecule is CN=C(NCCc1ccc2c(c1)CCO2)NCCn1cccc1. The molecule has 3 rings (SSSR count). The zero-order valence-electron chi connectivity index (χ0n) is 13.6. The van der Waals surface area contributed by atoms with E-state index in [-0.39, 0.29) is 0 Å². The van der Waals surface area contributed by atoms with E-state index >= 15 is 0 Å². The number of hydrogen-bond acceptors (Lipinski definition) is 2. The van der Waals surface area contributed by atoms with Gasteiger partial charge in [-0.05, 0) is 35.7 Å². The van der Waals surface area contributed by atoms with Crippen molar-refractivity contribution in [3.05, 3.63) is 53.9 Å². The van der Waals surface area contributed by atoms with Gasteiger partial charge in [-0.25, -0.2) is 0 Å². The summed E-state index contributed by atoms with van der Waals surface area (Å²) < 4.78 is 7.69. The number of fused-ring (bicyclic) bond motifs is 1. The molecule has 0 fully saturated rings. The fourth-order valence-electron chi connectivity index (χ4n) is 2.76. The van der Waals surface area contributed by atoms with Crippen LogP contribution in [0.2, 0.25) is 0 Å². The minimum absolute atomic E-state index is 0.814. The number of aliphatic imine (C=N–C) groups is 1. The maximum absolute atomic E-state index is 5.54. The maximum Gasteiger partial charge on any atom is 0.191 e. The van der Waals surface area contributed by atoms with Crippen molar-refractivity contribution in [1.82, 2.24) is 15.2 Å². The van der Waals surface area contributed by atoms with Crippen LogP contribution < -0.4 is 15.4 Å². The Kier molecular flexibility index (Phi) is 5.19. The number of aromatic nitrogens is 1. The van der Waals surface area contributed by atoms with Gasteiger partial charge in [0, 0.05) is 45.5 Å². The molecule has 0 bridgehead atoms. The van der Waals surface area contributed by atoms with Crippen LogP contribution in [0, 0.1) is 0 Å². The molecule has 2 heterocycles. The summed E-state index contributed by atoms with van der Waals surface area (Å²) in [6.45, 7) is 3.46. The molecule has 0 spiro atoms. The van der Waals surface area contributed by atoms with Crippen molar-refractivity contribution < 1.29 is 4.74 Å². The van der Waals surface area contributed by atoms with Crippen molar-refractivity contribution in [2.75, 3.05) is 26.7 Å². The zero-order chi connectivity index (χ0) is 15.9. The predicted octanol–water partition coefficient (Wildman–Crippen LogP) is 1.83. The van der Waals surface area contributed by atoms with Gasteiger partial charge >= 0.3 is 0 Å². The summed E-state index contributed by atoms with van der Waals surface area (Å²) in [5.74, 6) is 1.89. The molecular weight excluding hydrogens is 288 g/mol. The van der Waals surface area contributed by atoms with E-state index in [1.54, 1.807) is 7.05 Å². The van der Waals surface area contributed by atoms with E-state index in [1.807, 2.05) is 12.1 Å². The standard InChI is InChI=1S/C18H24N4O/c1-19-18(21-9-12-22-10-2-3-11-22)20-8-6-15-4-5-17-16(14-15)7-13-23-17/h2-5,10-11,14H,6-9,12-13H2,1H3,(H2,19,20,21). The maximum atomic E-state index is 5.54. The van der Waals surface area contributed by atoms with E-state index in [0.717, 1.165) is 50.8 Å². The van der Waals surface area contributed by atoms with Crippen LogP contribution in [0.25, 0.3) is 0 Å². The average Bonchev–Trinajstić information content (AvgIpc) is 3.24. The van der Waals surface area contributed by atoms with Gasteiger partial charge in [0.05, 0.1) is 6.61 Å². The Balaban J connectivity index is 1.40. The average molecular weight is 312 g/mol. The first-order valence-electron chi connectivity index (χ1n) is 8.15. The van der Waals surface area contributed by atoms with Crippen molar-refractivity contribution >= 4 is 5.96 Å². The summed E-state index contributed by atoms with van der Waals surface area (Å²) in [4.78, 5) is 4.26. The van der Waals surface area contributed by atoms with E-state index in [9.17, 15) is 0 Å². The molecule has 0 amide bonds. The highest BCUT2D eigenvalue weighted by Crippen LogP contribution is 2.25. The second kappa shape index (κ2) is 7.72. The first kappa shape index (κ1) is 15.5. The van der Waals surface area contributed by atoms with Crippen LogP contribution in [0.1, 0.15) is 11.1 Å². The lowest BCUT2D eigenvalue weighted by molar-refractivity contribution is 0.357. The molecule has 0 saturated carbocycles. The lowest BCUT2D eigenvalue weighted by Crippen LogP contribution is -2.39. The molecule has 0 radical (unpaired) electrons. The molecule has 0 unspecified atom stereocenters. The first-order valence-corrected chi connectivity index (χ1v) is 8.15. The topological polar surface area (TPSA) is 50.6 Å². The first-order chi connectivity index (χ1) is 11.3.